The van der Waals surface area contributed by atoms with Crippen LogP contribution in [-0.4, -0.2) is 16.8 Å². The molecule has 140 valence electrons. The van der Waals surface area contributed by atoms with E-state index in [1.807, 2.05) is 18.2 Å². The molecule has 0 amide bonds. The number of nitriles is 1. The minimum atomic E-state index is 0.265. The van der Waals surface area contributed by atoms with Crippen molar-refractivity contribution in [1.29, 1.82) is 5.26 Å². The van der Waals surface area contributed by atoms with Crippen molar-refractivity contribution in [2.75, 3.05) is 6.61 Å². The Morgan fingerprint density at radius 3 is 2.44 bits per heavy atom. The zero-order valence-electron chi connectivity index (χ0n) is 15.7. The second-order valence-corrected chi connectivity index (χ2v) is 7.23. The number of aliphatic hydroxyl groups excluding tert-OH is 1. The monoisotopic (exact) mass is 361 g/mol. The number of rotatable bonds is 7. The Morgan fingerprint density at radius 2 is 1.70 bits per heavy atom. The SMILES string of the molecule is N#Cc1ccc(C2=C(CCCCCCO)c3ccc(O)cc3CCC2)cc1. The zero-order valence-corrected chi connectivity index (χ0v) is 15.7. The molecule has 3 nitrogen and oxygen atoms in total. The molecule has 2 aromatic carbocycles. The quantitative estimate of drug-likeness (QED) is 0.644. The van der Waals surface area contributed by atoms with Crippen LogP contribution in [0.2, 0.25) is 0 Å². The molecule has 0 aromatic heterocycles. The Labute approximate surface area is 161 Å². The first kappa shape index (κ1) is 19.2. The van der Waals surface area contributed by atoms with Gasteiger partial charge in [0.2, 0.25) is 0 Å². The summed E-state index contributed by atoms with van der Waals surface area (Å²) >= 11 is 0. The fraction of sp³-hybridized carbons (Fsp3) is 0.375. The molecule has 0 radical (unpaired) electrons. The van der Waals surface area contributed by atoms with Crippen molar-refractivity contribution in [3.63, 3.8) is 0 Å². The van der Waals surface area contributed by atoms with Crippen LogP contribution < -0.4 is 0 Å². The predicted octanol–water partition coefficient (Wildman–Crippen LogP) is 5.45. The van der Waals surface area contributed by atoms with Gasteiger partial charge in [-0.2, -0.15) is 5.26 Å². The lowest BCUT2D eigenvalue weighted by Gasteiger charge is -2.16. The van der Waals surface area contributed by atoms with Crippen LogP contribution in [0.25, 0.3) is 11.1 Å². The summed E-state index contributed by atoms with van der Waals surface area (Å²) in [5.74, 6) is 0.331. The van der Waals surface area contributed by atoms with Crippen LogP contribution in [0, 0.1) is 11.3 Å². The molecule has 27 heavy (non-hydrogen) atoms. The van der Waals surface area contributed by atoms with Gasteiger partial charge >= 0.3 is 0 Å². The highest BCUT2D eigenvalue weighted by Crippen LogP contribution is 2.39. The minimum absolute atomic E-state index is 0.265. The number of aliphatic hydroxyl groups is 1. The first-order valence-electron chi connectivity index (χ1n) is 9.88. The maximum absolute atomic E-state index is 9.91. The van der Waals surface area contributed by atoms with Crippen LogP contribution >= 0.6 is 0 Å². The number of fused-ring (bicyclic) bond motifs is 1. The number of phenolic OH excluding ortho intramolecular Hbond substituents is 1. The predicted molar refractivity (Wildman–Crippen MR) is 109 cm³/mol. The second kappa shape index (κ2) is 9.39. The Balaban J connectivity index is 1.97. The molecule has 0 unspecified atom stereocenters. The molecule has 1 aliphatic rings. The first-order valence-corrected chi connectivity index (χ1v) is 9.88. The van der Waals surface area contributed by atoms with Crippen LogP contribution in [0.4, 0.5) is 0 Å². The summed E-state index contributed by atoms with van der Waals surface area (Å²) in [6.07, 6.45) is 8.15. The molecule has 0 heterocycles. The van der Waals surface area contributed by atoms with E-state index in [0.29, 0.717) is 11.3 Å². The van der Waals surface area contributed by atoms with Crippen LogP contribution in [0.15, 0.2) is 42.5 Å². The van der Waals surface area contributed by atoms with Crippen molar-refractivity contribution >= 4 is 11.1 Å². The number of allylic oxidation sites excluding steroid dienone is 2. The average molecular weight is 361 g/mol. The van der Waals surface area contributed by atoms with E-state index in [2.05, 4.69) is 24.3 Å². The number of aromatic hydroxyl groups is 1. The largest absolute Gasteiger partial charge is 0.508 e. The number of unbranched alkanes of at least 4 members (excludes halogenated alkanes) is 3. The summed E-state index contributed by atoms with van der Waals surface area (Å²) in [4.78, 5) is 0. The molecular formula is C24H27NO2. The van der Waals surface area contributed by atoms with Crippen LogP contribution in [0.1, 0.15) is 67.2 Å². The molecule has 0 fully saturated rings. The number of hydrogen-bond acceptors (Lipinski definition) is 3. The van der Waals surface area contributed by atoms with Crippen molar-refractivity contribution in [2.24, 2.45) is 0 Å². The molecule has 0 saturated carbocycles. The van der Waals surface area contributed by atoms with Crippen molar-refractivity contribution < 1.29 is 10.2 Å². The van der Waals surface area contributed by atoms with E-state index in [0.717, 1.165) is 51.4 Å². The van der Waals surface area contributed by atoms with E-state index in [9.17, 15) is 5.11 Å². The van der Waals surface area contributed by atoms with E-state index in [1.54, 1.807) is 6.07 Å². The minimum Gasteiger partial charge on any atom is -0.508 e. The van der Waals surface area contributed by atoms with Gasteiger partial charge in [-0.05, 0) is 90.6 Å². The molecule has 0 spiro atoms. The van der Waals surface area contributed by atoms with E-state index >= 15 is 0 Å². The standard InChI is InChI=1S/C24H27NO2/c25-17-18-9-11-19(12-10-18)22-8-5-6-20-16-21(27)13-14-23(20)24(22)7-3-1-2-4-15-26/h9-14,16,26-27H,1-8,15H2. The molecular weight excluding hydrogens is 334 g/mol. The molecule has 0 aliphatic heterocycles. The molecule has 0 atom stereocenters. The third-order valence-electron chi connectivity index (χ3n) is 5.35. The summed E-state index contributed by atoms with van der Waals surface area (Å²) in [5, 5.41) is 28.0. The normalized spacial score (nSPS) is 13.8. The number of benzene rings is 2. The van der Waals surface area contributed by atoms with Gasteiger partial charge < -0.3 is 10.2 Å². The van der Waals surface area contributed by atoms with Gasteiger partial charge in [0, 0.05) is 6.61 Å². The van der Waals surface area contributed by atoms with Gasteiger partial charge in [0.05, 0.1) is 11.6 Å². The van der Waals surface area contributed by atoms with Crippen LogP contribution in [0.5, 0.6) is 5.75 Å². The summed E-state index contributed by atoms with van der Waals surface area (Å²) in [7, 11) is 0. The molecule has 0 bridgehead atoms. The molecule has 2 aromatic rings. The van der Waals surface area contributed by atoms with E-state index in [-0.39, 0.29) is 6.61 Å². The lowest BCUT2D eigenvalue weighted by Crippen LogP contribution is -1.95. The molecule has 2 N–H and O–H groups in total. The lowest BCUT2D eigenvalue weighted by molar-refractivity contribution is 0.282. The number of phenols is 1. The van der Waals surface area contributed by atoms with Gasteiger partial charge in [-0.1, -0.05) is 31.0 Å². The number of nitrogens with zero attached hydrogens (tertiary/aromatic N) is 1. The van der Waals surface area contributed by atoms with Gasteiger partial charge in [-0.15, -0.1) is 0 Å². The topological polar surface area (TPSA) is 64.2 Å². The second-order valence-electron chi connectivity index (χ2n) is 7.23. The highest BCUT2D eigenvalue weighted by atomic mass is 16.3. The van der Waals surface area contributed by atoms with E-state index in [1.165, 1.54) is 27.8 Å². The maximum Gasteiger partial charge on any atom is 0.115 e. The van der Waals surface area contributed by atoms with Crippen LogP contribution in [-0.2, 0) is 6.42 Å². The summed E-state index contributed by atoms with van der Waals surface area (Å²) in [6.45, 7) is 0.265. The molecule has 3 rings (SSSR count). The third-order valence-corrected chi connectivity index (χ3v) is 5.35. The Kier molecular flexibility index (Phi) is 6.68. The van der Waals surface area contributed by atoms with Crippen LogP contribution in [0.3, 0.4) is 0 Å². The first-order chi connectivity index (χ1) is 13.2. The maximum atomic E-state index is 9.91. The van der Waals surface area contributed by atoms with E-state index < -0.39 is 0 Å². The van der Waals surface area contributed by atoms with Crippen molar-refractivity contribution in [1.82, 2.24) is 0 Å². The molecule has 0 saturated heterocycles. The highest BCUT2D eigenvalue weighted by molar-refractivity contribution is 5.92. The number of hydrogen-bond donors (Lipinski definition) is 2. The van der Waals surface area contributed by atoms with Crippen molar-refractivity contribution in [2.45, 2.75) is 51.4 Å². The smallest absolute Gasteiger partial charge is 0.115 e. The third kappa shape index (κ3) is 4.78. The fourth-order valence-electron chi connectivity index (χ4n) is 3.97. The molecule has 3 heteroatoms. The van der Waals surface area contributed by atoms with Gasteiger partial charge in [0.15, 0.2) is 0 Å². The van der Waals surface area contributed by atoms with Gasteiger partial charge in [-0.25, -0.2) is 0 Å². The Morgan fingerprint density at radius 1 is 0.926 bits per heavy atom. The molecule has 1 aliphatic carbocycles. The lowest BCUT2D eigenvalue weighted by atomic mass is 9.89. The average Bonchev–Trinajstić information content (AvgIpc) is 2.87. The Hall–Kier alpha value is -2.57. The summed E-state index contributed by atoms with van der Waals surface area (Å²) < 4.78 is 0. The van der Waals surface area contributed by atoms with Gasteiger partial charge in [0.1, 0.15) is 5.75 Å². The summed E-state index contributed by atoms with van der Waals surface area (Å²) in [6, 6.07) is 15.8. The van der Waals surface area contributed by atoms with Crippen molar-refractivity contribution in [3.05, 3.63) is 64.7 Å². The van der Waals surface area contributed by atoms with Crippen molar-refractivity contribution in [3.8, 4) is 11.8 Å². The zero-order chi connectivity index (χ0) is 19.1. The summed E-state index contributed by atoms with van der Waals surface area (Å²) in [5.41, 5.74) is 7.10. The van der Waals surface area contributed by atoms with Gasteiger partial charge in [-0.3, -0.25) is 0 Å². The van der Waals surface area contributed by atoms with Gasteiger partial charge in [0.25, 0.3) is 0 Å². The fourth-order valence-corrected chi connectivity index (χ4v) is 3.97. The van der Waals surface area contributed by atoms with E-state index in [4.69, 9.17) is 10.4 Å². The Bertz CT molecular complexity index is 844. The number of aryl methyl sites for hydroxylation is 1. The highest BCUT2D eigenvalue weighted by Gasteiger charge is 2.18.